The number of hydrogen-bond donors (Lipinski definition) is 1. The van der Waals surface area contributed by atoms with Gasteiger partial charge in [0.2, 0.25) is 5.91 Å². The fourth-order valence-corrected chi connectivity index (χ4v) is 6.15. The van der Waals surface area contributed by atoms with Crippen LogP contribution in [0.15, 0.2) is 78.7 Å². The third-order valence-corrected chi connectivity index (χ3v) is 8.16. The zero-order valence-electron chi connectivity index (χ0n) is 21.4. The SMILES string of the molecule is CC1CN(c2scnc2-c2nc3ccc(-c4ccccc4)cc3[nH]2)CCN1C(=O)Cn1cnc2cccnc21. The standard InChI is InChI=1S/C29H26N8OS/c1-19-15-35(12-13-37(19)25(38)16-36-17-31-23-8-5-11-30-28(23)36)29-26(32-18-39-29)27-33-22-10-9-21(14-24(22)34-27)20-6-3-2-4-7-20/h2-11,14,17-19H,12-13,15-16H2,1H3,(H,33,34). The van der Waals surface area contributed by atoms with Gasteiger partial charge in [-0.05, 0) is 42.3 Å². The van der Waals surface area contributed by atoms with Gasteiger partial charge >= 0.3 is 0 Å². The summed E-state index contributed by atoms with van der Waals surface area (Å²) in [5.74, 6) is 0.834. The molecule has 1 atom stereocenters. The van der Waals surface area contributed by atoms with Gasteiger partial charge in [-0.1, -0.05) is 36.4 Å². The lowest BCUT2D eigenvalue weighted by Crippen LogP contribution is -2.54. The van der Waals surface area contributed by atoms with Crippen molar-refractivity contribution in [2.24, 2.45) is 0 Å². The number of imidazole rings is 2. The first-order chi connectivity index (χ1) is 19.1. The van der Waals surface area contributed by atoms with Crippen molar-refractivity contribution in [1.29, 1.82) is 0 Å². The van der Waals surface area contributed by atoms with E-state index in [0.717, 1.165) is 57.4 Å². The normalized spacial score (nSPS) is 15.9. The average Bonchev–Trinajstić information content (AvgIpc) is 3.71. The highest BCUT2D eigenvalue weighted by Crippen LogP contribution is 2.35. The van der Waals surface area contributed by atoms with Crippen molar-refractivity contribution in [3.63, 3.8) is 0 Å². The van der Waals surface area contributed by atoms with Crippen molar-refractivity contribution < 1.29 is 4.79 Å². The Morgan fingerprint density at radius 2 is 1.90 bits per heavy atom. The van der Waals surface area contributed by atoms with Crippen molar-refractivity contribution in [2.75, 3.05) is 24.5 Å². The van der Waals surface area contributed by atoms with Gasteiger partial charge in [0.15, 0.2) is 11.5 Å². The van der Waals surface area contributed by atoms with Crippen LogP contribution in [0.2, 0.25) is 0 Å². The minimum Gasteiger partial charge on any atom is -0.358 e. The number of thiazole rings is 1. The Morgan fingerprint density at radius 1 is 1.00 bits per heavy atom. The van der Waals surface area contributed by atoms with E-state index in [1.807, 2.05) is 45.3 Å². The molecule has 0 aliphatic carbocycles. The summed E-state index contributed by atoms with van der Waals surface area (Å²) >= 11 is 1.61. The monoisotopic (exact) mass is 534 g/mol. The molecule has 39 heavy (non-hydrogen) atoms. The second-order valence-corrected chi connectivity index (χ2v) is 10.6. The van der Waals surface area contributed by atoms with Gasteiger partial charge in [0.05, 0.1) is 22.9 Å². The Morgan fingerprint density at radius 3 is 2.77 bits per heavy atom. The van der Waals surface area contributed by atoms with Crippen LogP contribution >= 0.6 is 11.3 Å². The van der Waals surface area contributed by atoms with Gasteiger partial charge in [-0.25, -0.2) is 19.9 Å². The number of carbonyl (C=O) groups is 1. The molecule has 9 nitrogen and oxygen atoms in total. The van der Waals surface area contributed by atoms with Crippen molar-refractivity contribution in [2.45, 2.75) is 19.5 Å². The number of nitrogens with zero attached hydrogens (tertiary/aromatic N) is 7. The van der Waals surface area contributed by atoms with E-state index in [1.165, 1.54) is 5.56 Å². The van der Waals surface area contributed by atoms with E-state index in [0.29, 0.717) is 6.54 Å². The Bertz CT molecular complexity index is 1790. The quantitative estimate of drug-likeness (QED) is 0.340. The van der Waals surface area contributed by atoms with Gasteiger partial charge < -0.3 is 19.4 Å². The van der Waals surface area contributed by atoms with E-state index < -0.39 is 0 Å². The van der Waals surface area contributed by atoms with E-state index in [9.17, 15) is 4.79 Å². The highest BCUT2D eigenvalue weighted by atomic mass is 32.1. The zero-order valence-corrected chi connectivity index (χ0v) is 22.2. The number of anilines is 1. The van der Waals surface area contributed by atoms with Crippen molar-refractivity contribution in [3.05, 3.63) is 78.7 Å². The van der Waals surface area contributed by atoms with Crippen LogP contribution in [0.25, 0.3) is 44.8 Å². The molecule has 1 aliphatic rings. The molecule has 0 saturated carbocycles. The summed E-state index contributed by atoms with van der Waals surface area (Å²) in [7, 11) is 0. The van der Waals surface area contributed by atoms with E-state index >= 15 is 0 Å². The summed E-state index contributed by atoms with van der Waals surface area (Å²) in [6.07, 6.45) is 3.42. The minimum atomic E-state index is 0.0491. The lowest BCUT2D eigenvalue weighted by Gasteiger charge is -2.40. The second kappa shape index (κ2) is 9.63. The smallest absolute Gasteiger partial charge is 0.242 e. The van der Waals surface area contributed by atoms with Crippen LogP contribution in [0.4, 0.5) is 5.00 Å². The number of aromatic nitrogens is 6. The van der Waals surface area contributed by atoms with Gasteiger partial charge in [-0.15, -0.1) is 11.3 Å². The van der Waals surface area contributed by atoms with Crippen LogP contribution in [-0.4, -0.2) is 66.0 Å². The summed E-state index contributed by atoms with van der Waals surface area (Å²) < 4.78 is 1.82. The molecule has 1 fully saturated rings. The first-order valence-electron chi connectivity index (χ1n) is 12.9. The number of nitrogens with one attached hydrogen (secondary N) is 1. The third-order valence-electron chi connectivity index (χ3n) is 7.28. The fourth-order valence-electron chi connectivity index (χ4n) is 5.32. The number of H-pyrrole nitrogens is 1. The molecule has 1 amide bonds. The van der Waals surface area contributed by atoms with Crippen molar-refractivity contribution >= 4 is 44.4 Å². The van der Waals surface area contributed by atoms with E-state index in [-0.39, 0.29) is 18.5 Å². The lowest BCUT2D eigenvalue weighted by molar-refractivity contribution is -0.134. The average molecular weight is 535 g/mol. The molecule has 7 rings (SSSR count). The van der Waals surface area contributed by atoms with Crippen molar-refractivity contribution in [3.8, 4) is 22.6 Å². The number of piperazine rings is 1. The summed E-state index contributed by atoms with van der Waals surface area (Å²) in [6, 6.07) is 20.4. The molecule has 1 N–H and O–H groups in total. The number of carbonyl (C=O) groups excluding carboxylic acids is 1. The Balaban J connectivity index is 1.09. The topological polar surface area (TPSA) is 95.8 Å². The molecule has 1 aliphatic heterocycles. The Labute approximate surface area is 228 Å². The van der Waals surface area contributed by atoms with Gasteiger partial charge in [0, 0.05) is 31.9 Å². The predicted octanol–water partition coefficient (Wildman–Crippen LogP) is 4.84. The molecular weight excluding hydrogens is 508 g/mol. The first kappa shape index (κ1) is 23.5. The number of amides is 1. The number of aromatic amines is 1. The number of pyridine rings is 1. The van der Waals surface area contributed by atoms with Gasteiger partial charge in [0.1, 0.15) is 22.8 Å². The highest BCUT2D eigenvalue weighted by Gasteiger charge is 2.30. The molecule has 1 saturated heterocycles. The van der Waals surface area contributed by atoms with Crippen LogP contribution in [0, 0.1) is 0 Å². The van der Waals surface area contributed by atoms with Crippen molar-refractivity contribution in [1.82, 2.24) is 34.4 Å². The molecule has 0 radical (unpaired) electrons. The van der Waals surface area contributed by atoms with Crippen LogP contribution in [0.3, 0.4) is 0 Å². The predicted molar refractivity (Wildman–Crippen MR) is 154 cm³/mol. The van der Waals surface area contributed by atoms with Crippen LogP contribution in [0.5, 0.6) is 0 Å². The van der Waals surface area contributed by atoms with E-state index in [2.05, 4.69) is 62.1 Å². The summed E-state index contributed by atoms with van der Waals surface area (Å²) in [4.78, 5) is 39.3. The van der Waals surface area contributed by atoms with Gasteiger partial charge in [0.25, 0.3) is 0 Å². The molecule has 4 aromatic heterocycles. The minimum absolute atomic E-state index is 0.0491. The molecule has 10 heteroatoms. The molecule has 0 bridgehead atoms. The molecule has 1 unspecified atom stereocenters. The molecule has 194 valence electrons. The first-order valence-corrected chi connectivity index (χ1v) is 13.8. The van der Waals surface area contributed by atoms with Crippen LogP contribution in [0.1, 0.15) is 6.92 Å². The summed E-state index contributed by atoms with van der Waals surface area (Å²) in [5.41, 5.74) is 8.45. The number of fused-ring (bicyclic) bond motifs is 2. The third kappa shape index (κ3) is 4.32. The summed E-state index contributed by atoms with van der Waals surface area (Å²) in [5, 5.41) is 1.07. The van der Waals surface area contributed by atoms with Crippen LogP contribution < -0.4 is 4.90 Å². The largest absolute Gasteiger partial charge is 0.358 e. The number of rotatable bonds is 5. The Kier molecular flexibility index (Phi) is 5.81. The summed E-state index contributed by atoms with van der Waals surface area (Å²) in [6.45, 7) is 4.42. The maximum Gasteiger partial charge on any atom is 0.242 e. The maximum atomic E-state index is 13.2. The number of benzene rings is 2. The van der Waals surface area contributed by atoms with Gasteiger partial charge in [-0.2, -0.15) is 0 Å². The highest BCUT2D eigenvalue weighted by molar-refractivity contribution is 7.14. The molecule has 6 aromatic rings. The lowest BCUT2D eigenvalue weighted by atomic mass is 10.1. The molecule has 0 spiro atoms. The molecular formula is C29H26N8OS. The van der Waals surface area contributed by atoms with E-state index in [4.69, 9.17) is 4.98 Å². The zero-order chi connectivity index (χ0) is 26.3. The number of hydrogen-bond acceptors (Lipinski definition) is 7. The maximum absolute atomic E-state index is 13.2. The molecule has 5 heterocycles. The Hall–Kier alpha value is -4.57. The van der Waals surface area contributed by atoms with Gasteiger partial charge in [-0.3, -0.25) is 4.79 Å². The molecule has 2 aromatic carbocycles. The second-order valence-electron chi connectivity index (χ2n) is 9.79. The van der Waals surface area contributed by atoms with Crippen LogP contribution in [-0.2, 0) is 11.3 Å². The van der Waals surface area contributed by atoms with E-state index in [1.54, 1.807) is 23.9 Å². The fraction of sp³-hybridized carbons (Fsp3) is 0.207.